The third-order valence-electron chi connectivity index (χ3n) is 3.67. The molecule has 0 amide bonds. The molecule has 0 aliphatic carbocycles. The van der Waals surface area contributed by atoms with Crippen molar-refractivity contribution in [2.45, 2.75) is 33.1 Å². The molecule has 0 aliphatic heterocycles. The van der Waals surface area contributed by atoms with Crippen LogP contribution in [-0.2, 0) is 19.3 Å². The van der Waals surface area contributed by atoms with Gasteiger partial charge in [-0.05, 0) is 43.2 Å². The maximum Gasteiger partial charge on any atom is 0.416 e. The minimum absolute atomic E-state index is 0.0925. The van der Waals surface area contributed by atoms with Gasteiger partial charge in [0.2, 0.25) is 0 Å². The van der Waals surface area contributed by atoms with Crippen molar-refractivity contribution >= 4 is 5.96 Å². The third kappa shape index (κ3) is 5.44. The van der Waals surface area contributed by atoms with Gasteiger partial charge in [0.05, 0.1) is 24.3 Å². The second-order valence-corrected chi connectivity index (χ2v) is 5.61. The Morgan fingerprint density at radius 3 is 2.62 bits per heavy atom. The lowest BCUT2D eigenvalue weighted by Crippen LogP contribution is -2.37. The zero-order valence-corrected chi connectivity index (χ0v) is 14.5. The number of aryl methyl sites for hydroxylation is 1. The molecule has 4 nitrogen and oxygen atoms in total. The highest BCUT2D eigenvalue weighted by atomic mass is 19.4. The minimum Gasteiger partial charge on any atom is -0.357 e. The first-order valence-corrected chi connectivity index (χ1v) is 8.09. The molecule has 0 bridgehead atoms. The van der Waals surface area contributed by atoms with Crippen molar-refractivity contribution in [1.82, 2.24) is 15.6 Å². The first-order chi connectivity index (χ1) is 12.3. The Hall–Kier alpha value is -2.64. The quantitative estimate of drug-likeness (QED) is 0.479. The van der Waals surface area contributed by atoms with Gasteiger partial charge in [0, 0.05) is 12.7 Å². The average Bonchev–Trinajstić information content (AvgIpc) is 2.58. The number of benzene rings is 1. The molecular weight excluding hydrogens is 348 g/mol. The molecule has 0 radical (unpaired) electrons. The molecule has 26 heavy (non-hydrogen) atoms. The van der Waals surface area contributed by atoms with Gasteiger partial charge in [0.1, 0.15) is 5.82 Å². The highest BCUT2D eigenvalue weighted by Crippen LogP contribution is 2.32. The lowest BCUT2D eigenvalue weighted by molar-refractivity contribution is -0.138. The molecule has 0 atom stereocenters. The molecule has 0 unspecified atom stereocenters. The molecule has 2 rings (SSSR count). The molecule has 0 aliphatic rings. The van der Waals surface area contributed by atoms with Crippen LogP contribution in [0.2, 0.25) is 0 Å². The van der Waals surface area contributed by atoms with Crippen molar-refractivity contribution in [1.29, 1.82) is 0 Å². The van der Waals surface area contributed by atoms with Crippen molar-refractivity contribution in [2.24, 2.45) is 4.99 Å². The summed E-state index contributed by atoms with van der Waals surface area (Å²) in [5, 5.41) is 6.01. The zero-order valence-electron chi connectivity index (χ0n) is 14.5. The third-order valence-corrected chi connectivity index (χ3v) is 3.67. The molecule has 0 spiro atoms. The van der Waals surface area contributed by atoms with Crippen LogP contribution in [0.4, 0.5) is 17.6 Å². The Labute approximate surface area is 149 Å². The lowest BCUT2D eigenvalue weighted by Gasteiger charge is -2.14. The van der Waals surface area contributed by atoms with Crippen LogP contribution < -0.4 is 10.6 Å². The second kappa shape index (κ2) is 8.64. The number of rotatable bonds is 5. The Balaban J connectivity index is 2.16. The first kappa shape index (κ1) is 19.7. The number of aliphatic imine (C=N–C) groups is 1. The fourth-order valence-electron chi connectivity index (χ4n) is 2.33. The number of pyridine rings is 1. The monoisotopic (exact) mass is 368 g/mol. The molecule has 0 saturated heterocycles. The Morgan fingerprint density at radius 2 is 1.96 bits per heavy atom. The van der Waals surface area contributed by atoms with Crippen molar-refractivity contribution in [3.63, 3.8) is 0 Å². The number of hydrogen-bond acceptors (Lipinski definition) is 2. The predicted octanol–water partition coefficient (Wildman–Crippen LogP) is 3.80. The normalized spacial score (nSPS) is 12.2. The predicted molar refractivity (Wildman–Crippen MR) is 92.0 cm³/mol. The number of guanidine groups is 1. The summed E-state index contributed by atoms with van der Waals surface area (Å²) >= 11 is 0. The topological polar surface area (TPSA) is 49.3 Å². The molecular formula is C18H20F4N4. The van der Waals surface area contributed by atoms with E-state index in [1.165, 1.54) is 0 Å². The minimum atomic E-state index is -4.64. The van der Waals surface area contributed by atoms with Gasteiger partial charge >= 0.3 is 6.18 Å². The van der Waals surface area contributed by atoms with Crippen LogP contribution in [0.3, 0.4) is 0 Å². The van der Waals surface area contributed by atoms with E-state index in [9.17, 15) is 17.6 Å². The van der Waals surface area contributed by atoms with Crippen LogP contribution in [0.5, 0.6) is 0 Å². The Morgan fingerprint density at radius 1 is 1.19 bits per heavy atom. The molecule has 0 fully saturated rings. The molecule has 1 aromatic carbocycles. The highest BCUT2D eigenvalue weighted by Gasteiger charge is 2.33. The van der Waals surface area contributed by atoms with Crippen LogP contribution in [0.15, 0.2) is 41.5 Å². The number of halogens is 4. The average molecular weight is 368 g/mol. The van der Waals surface area contributed by atoms with Gasteiger partial charge in [-0.25, -0.2) is 9.38 Å². The summed E-state index contributed by atoms with van der Waals surface area (Å²) in [6.07, 6.45) is -2.97. The van der Waals surface area contributed by atoms with Gasteiger partial charge in [-0.3, -0.25) is 4.98 Å². The van der Waals surface area contributed by atoms with Crippen molar-refractivity contribution in [3.05, 3.63) is 64.7 Å². The summed E-state index contributed by atoms with van der Waals surface area (Å²) in [5.41, 5.74) is 0.701. The largest absolute Gasteiger partial charge is 0.416 e. The van der Waals surface area contributed by atoms with Gasteiger partial charge < -0.3 is 10.6 Å². The van der Waals surface area contributed by atoms with E-state index in [0.29, 0.717) is 25.1 Å². The van der Waals surface area contributed by atoms with Crippen LogP contribution in [0.1, 0.15) is 29.3 Å². The first-order valence-electron chi connectivity index (χ1n) is 8.09. The zero-order chi connectivity index (χ0) is 19.2. The number of hydrogen-bond donors (Lipinski definition) is 2. The van der Waals surface area contributed by atoms with E-state index in [0.717, 1.165) is 23.4 Å². The summed E-state index contributed by atoms with van der Waals surface area (Å²) in [6, 6.07) is 6.34. The SMILES string of the molecule is CCNC(=NCc1ccc(F)cc1C(F)(F)F)NCc1ncccc1C. The van der Waals surface area contributed by atoms with E-state index in [2.05, 4.69) is 20.6 Å². The van der Waals surface area contributed by atoms with E-state index in [1.807, 2.05) is 26.0 Å². The maximum atomic E-state index is 13.2. The van der Waals surface area contributed by atoms with E-state index < -0.39 is 17.6 Å². The molecule has 1 heterocycles. The van der Waals surface area contributed by atoms with Crippen LogP contribution in [0.25, 0.3) is 0 Å². The van der Waals surface area contributed by atoms with E-state index in [4.69, 9.17) is 0 Å². The summed E-state index contributed by atoms with van der Waals surface area (Å²) in [7, 11) is 0. The molecule has 1 aromatic heterocycles. The van der Waals surface area contributed by atoms with Gasteiger partial charge in [0.25, 0.3) is 0 Å². The number of nitrogens with one attached hydrogen (secondary N) is 2. The molecule has 2 aromatic rings. The van der Waals surface area contributed by atoms with E-state index >= 15 is 0 Å². The summed E-state index contributed by atoms with van der Waals surface area (Å²) in [6.45, 7) is 4.47. The maximum absolute atomic E-state index is 13.2. The second-order valence-electron chi connectivity index (χ2n) is 5.61. The standard InChI is InChI=1S/C18H20F4N4/c1-3-23-17(26-11-16-12(2)5-4-8-24-16)25-10-13-6-7-14(19)9-15(13)18(20,21)22/h4-9H,3,10-11H2,1-2H3,(H2,23,25,26). The van der Waals surface area contributed by atoms with Crippen LogP contribution >= 0.6 is 0 Å². The van der Waals surface area contributed by atoms with Gasteiger partial charge in [-0.15, -0.1) is 0 Å². The molecule has 8 heteroatoms. The van der Waals surface area contributed by atoms with E-state index in [1.54, 1.807) is 6.20 Å². The fraction of sp³-hybridized carbons (Fsp3) is 0.333. The molecule has 140 valence electrons. The van der Waals surface area contributed by atoms with Crippen molar-refractivity contribution in [2.75, 3.05) is 6.54 Å². The van der Waals surface area contributed by atoms with Crippen LogP contribution in [-0.4, -0.2) is 17.5 Å². The van der Waals surface area contributed by atoms with Gasteiger partial charge in [-0.2, -0.15) is 13.2 Å². The smallest absolute Gasteiger partial charge is 0.357 e. The van der Waals surface area contributed by atoms with Gasteiger partial charge in [0.15, 0.2) is 5.96 Å². The van der Waals surface area contributed by atoms with Crippen LogP contribution in [0, 0.1) is 12.7 Å². The Bertz CT molecular complexity index is 772. The molecule has 2 N–H and O–H groups in total. The highest BCUT2D eigenvalue weighted by molar-refractivity contribution is 5.79. The van der Waals surface area contributed by atoms with Gasteiger partial charge in [-0.1, -0.05) is 12.1 Å². The summed E-state index contributed by atoms with van der Waals surface area (Å²) in [4.78, 5) is 8.43. The van der Waals surface area contributed by atoms with E-state index in [-0.39, 0.29) is 12.1 Å². The molecule has 0 saturated carbocycles. The summed E-state index contributed by atoms with van der Waals surface area (Å²) in [5.74, 6) is -0.573. The number of aromatic nitrogens is 1. The lowest BCUT2D eigenvalue weighted by atomic mass is 10.1. The van der Waals surface area contributed by atoms with Crippen molar-refractivity contribution < 1.29 is 17.6 Å². The number of alkyl halides is 3. The fourth-order valence-corrected chi connectivity index (χ4v) is 2.33. The van der Waals surface area contributed by atoms with Crippen molar-refractivity contribution in [3.8, 4) is 0 Å². The Kier molecular flexibility index (Phi) is 6.54. The number of nitrogens with zero attached hydrogens (tertiary/aromatic N) is 2. The summed E-state index contributed by atoms with van der Waals surface area (Å²) < 4.78 is 52.4.